The number of nitro benzene ring substituents is 1. The van der Waals surface area contributed by atoms with E-state index in [1.165, 1.54) is 12.1 Å². The van der Waals surface area contributed by atoms with Gasteiger partial charge in [-0.2, -0.15) is 0 Å². The van der Waals surface area contributed by atoms with Crippen LogP contribution in [0.1, 0.15) is 10.4 Å². The molecule has 1 aromatic carbocycles. The van der Waals surface area contributed by atoms with Crippen molar-refractivity contribution in [2.75, 3.05) is 18.5 Å². The molecule has 0 aliphatic carbocycles. The van der Waals surface area contributed by atoms with Crippen LogP contribution in [0.25, 0.3) is 0 Å². The summed E-state index contributed by atoms with van der Waals surface area (Å²) in [6, 6.07) is 3.55. The number of aromatic carboxylic acids is 1. The summed E-state index contributed by atoms with van der Waals surface area (Å²) in [6.07, 6.45) is 0.926. The van der Waals surface area contributed by atoms with Crippen molar-refractivity contribution in [3.05, 3.63) is 45.6 Å². The second-order valence-corrected chi connectivity index (χ2v) is 4.47. The minimum Gasteiger partial charge on any atom is -0.477 e. The lowest BCUT2D eigenvalue weighted by molar-refractivity contribution is -0.384. The first kappa shape index (κ1) is 16.1. The predicted octanol–water partition coefficient (Wildman–Crippen LogP) is -0.0501. The highest BCUT2D eigenvalue weighted by atomic mass is 16.6. The second-order valence-electron chi connectivity index (χ2n) is 4.47. The van der Waals surface area contributed by atoms with Crippen LogP contribution in [0.5, 0.6) is 0 Å². The Labute approximate surface area is 128 Å². The maximum atomic E-state index is 12.0. The molecule has 0 saturated carbocycles. The van der Waals surface area contributed by atoms with Crippen molar-refractivity contribution < 1.29 is 29.5 Å². The van der Waals surface area contributed by atoms with Gasteiger partial charge in [0.15, 0.2) is 0 Å². The van der Waals surface area contributed by atoms with Crippen LogP contribution in [0.4, 0.5) is 11.4 Å². The maximum Gasteiger partial charge on any atom is 0.342 e. The third kappa shape index (κ3) is 3.01. The molecular formula is C13H11N3O7. The van der Waals surface area contributed by atoms with Gasteiger partial charge in [0, 0.05) is 6.08 Å². The SMILES string of the molecule is O=C(O)c1cccc(NC2=CC(=O)N(CCO)C2=O)c1[N+](=O)[O-]. The van der Waals surface area contributed by atoms with Crippen molar-refractivity contribution in [1.82, 2.24) is 4.90 Å². The standard InChI is InChI=1S/C13H11N3O7/c17-5-4-15-10(18)6-9(12(15)19)14-8-3-1-2-7(13(20)21)11(8)16(22)23/h1-3,6,14,17H,4-5H2,(H,20,21). The fourth-order valence-corrected chi connectivity index (χ4v) is 2.07. The van der Waals surface area contributed by atoms with Gasteiger partial charge in [-0.3, -0.25) is 24.6 Å². The molecule has 0 aromatic heterocycles. The molecule has 0 saturated heterocycles. The number of carboxylic acids is 1. The predicted molar refractivity (Wildman–Crippen MR) is 75.6 cm³/mol. The number of carbonyl (C=O) groups excluding carboxylic acids is 2. The number of aliphatic hydroxyl groups is 1. The third-order valence-corrected chi connectivity index (χ3v) is 3.05. The van der Waals surface area contributed by atoms with Gasteiger partial charge in [0.05, 0.1) is 18.1 Å². The van der Waals surface area contributed by atoms with Crippen molar-refractivity contribution in [2.24, 2.45) is 0 Å². The monoisotopic (exact) mass is 321 g/mol. The van der Waals surface area contributed by atoms with Gasteiger partial charge in [-0.1, -0.05) is 6.07 Å². The first-order chi connectivity index (χ1) is 10.9. The number of aliphatic hydroxyl groups excluding tert-OH is 1. The summed E-state index contributed by atoms with van der Waals surface area (Å²) in [4.78, 5) is 45.7. The zero-order chi connectivity index (χ0) is 17.1. The number of nitrogens with zero attached hydrogens (tertiary/aromatic N) is 2. The molecular weight excluding hydrogens is 310 g/mol. The molecule has 1 aliphatic heterocycles. The van der Waals surface area contributed by atoms with Crippen LogP contribution in [0.15, 0.2) is 30.0 Å². The number of hydrogen-bond acceptors (Lipinski definition) is 7. The molecule has 0 atom stereocenters. The Morgan fingerprint density at radius 1 is 1.35 bits per heavy atom. The van der Waals surface area contributed by atoms with Crippen LogP contribution in [0.2, 0.25) is 0 Å². The number of amides is 2. The highest BCUT2D eigenvalue weighted by molar-refractivity contribution is 6.17. The van der Waals surface area contributed by atoms with Gasteiger partial charge in [0.25, 0.3) is 11.8 Å². The Morgan fingerprint density at radius 2 is 2.04 bits per heavy atom. The lowest BCUT2D eigenvalue weighted by atomic mass is 10.1. The van der Waals surface area contributed by atoms with E-state index < -0.39 is 40.6 Å². The molecule has 23 heavy (non-hydrogen) atoms. The summed E-state index contributed by atoms with van der Waals surface area (Å²) in [5.74, 6) is -2.94. The molecule has 1 aromatic rings. The Bertz CT molecular complexity index is 741. The van der Waals surface area contributed by atoms with E-state index in [0.29, 0.717) is 0 Å². The first-order valence-corrected chi connectivity index (χ1v) is 6.33. The molecule has 1 aliphatic rings. The van der Waals surface area contributed by atoms with Crippen LogP contribution in [-0.4, -0.2) is 51.0 Å². The van der Waals surface area contributed by atoms with E-state index in [-0.39, 0.29) is 17.9 Å². The number of anilines is 1. The van der Waals surface area contributed by atoms with E-state index >= 15 is 0 Å². The van der Waals surface area contributed by atoms with Gasteiger partial charge in [0.2, 0.25) is 0 Å². The number of rotatable bonds is 6. The number of para-hydroxylation sites is 1. The van der Waals surface area contributed by atoms with E-state index in [0.717, 1.165) is 17.0 Å². The van der Waals surface area contributed by atoms with Crippen molar-refractivity contribution in [1.29, 1.82) is 0 Å². The topological polar surface area (TPSA) is 150 Å². The summed E-state index contributed by atoms with van der Waals surface area (Å²) in [5, 5.41) is 31.3. The number of nitrogens with one attached hydrogen (secondary N) is 1. The molecule has 10 heteroatoms. The third-order valence-electron chi connectivity index (χ3n) is 3.05. The van der Waals surface area contributed by atoms with E-state index in [1.807, 2.05) is 0 Å². The fraction of sp³-hybridized carbons (Fsp3) is 0.154. The van der Waals surface area contributed by atoms with Crippen LogP contribution in [0.3, 0.4) is 0 Å². The van der Waals surface area contributed by atoms with Crippen molar-refractivity contribution in [3.63, 3.8) is 0 Å². The van der Waals surface area contributed by atoms with Gasteiger partial charge >= 0.3 is 11.7 Å². The number of benzene rings is 1. The zero-order valence-electron chi connectivity index (χ0n) is 11.6. The average Bonchev–Trinajstić information content (AvgIpc) is 2.74. The number of β-amino-alcohol motifs (C(OH)–C–C–N with tert-alkyl or cyclic N) is 1. The van der Waals surface area contributed by atoms with E-state index in [1.54, 1.807) is 0 Å². The molecule has 120 valence electrons. The van der Waals surface area contributed by atoms with E-state index in [4.69, 9.17) is 10.2 Å². The van der Waals surface area contributed by atoms with Crippen molar-refractivity contribution in [2.45, 2.75) is 0 Å². The first-order valence-electron chi connectivity index (χ1n) is 6.33. The molecule has 0 radical (unpaired) electrons. The molecule has 0 bridgehead atoms. The molecule has 2 amide bonds. The van der Waals surface area contributed by atoms with Crippen LogP contribution in [-0.2, 0) is 9.59 Å². The lowest BCUT2D eigenvalue weighted by Gasteiger charge is -2.13. The lowest BCUT2D eigenvalue weighted by Crippen LogP contribution is -2.34. The number of imide groups is 1. The maximum absolute atomic E-state index is 12.0. The van der Waals surface area contributed by atoms with Gasteiger partial charge in [0.1, 0.15) is 16.9 Å². The van der Waals surface area contributed by atoms with Crippen LogP contribution >= 0.6 is 0 Å². The largest absolute Gasteiger partial charge is 0.477 e. The molecule has 0 spiro atoms. The minimum absolute atomic E-state index is 0.212. The van der Waals surface area contributed by atoms with E-state index in [9.17, 15) is 24.5 Å². The summed E-state index contributed by atoms with van der Waals surface area (Å²) >= 11 is 0. The summed E-state index contributed by atoms with van der Waals surface area (Å²) < 4.78 is 0. The van der Waals surface area contributed by atoms with E-state index in [2.05, 4.69) is 5.32 Å². The molecule has 0 fully saturated rings. The van der Waals surface area contributed by atoms with Gasteiger partial charge in [-0.05, 0) is 12.1 Å². The summed E-state index contributed by atoms with van der Waals surface area (Å²) in [7, 11) is 0. The summed E-state index contributed by atoms with van der Waals surface area (Å²) in [5.41, 5.74) is -1.74. The van der Waals surface area contributed by atoms with Gasteiger partial charge in [-0.25, -0.2) is 4.79 Å². The Balaban J connectivity index is 2.38. The highest BCUT2D eigenvalue weighted by Gasteiger charge is 2.32. The molecule has 1 heterocycles. The number of hydrogen-bond donors (Lipinski definition) is 3. The number of carboxylic acid groups (broad SMARTS) is 1. The minimum atomic E-state index is -1.50. The number of nitro groups is 1. The van der Waals surface area contributed by atoms with Gasteiger partial charge in [-0.15, -0.1) is 0 Å². The fourth-order valence-electron chi connectivity index (χ4n) is 2.07. The summed E-state index contributed by atoms with van der Waals surface area (Å²) in [6.45, 7) is -0.635. The van der Waals surface area contributed by atoms with Gasteiger partial charge < -0.3 is 15.5 Å². The molecule has 3 N–H and O–H groups in total. The Kier molecular flexibility index (Phi) is 4.37. The molecule has 10 nitrogen and oxygen atoms in total. The normalized spacial score (nSPS) is 14.0. The second kappa shape index (κ2) is 6.23. The van der Waals surface area contributed by atoms with Crippen LogP contribution in [0, 0.1) is 10.1 Å². The quantitative estimate of drug-likeness (QED) is 0.375. The van der Waals surface area contributed by atoms with Crippen LogP contribution < -0.4 is 5.32 Å². The Hall–Kier alpha value is -3.27. The highest BCUT2D eigenvalue weighted by Crippen LogP contribution is 2.30. The Morgan fingerprint density at radius 3 is 2.61 bits per heavy atom. The van der Waals surface area contributed by atoms with Crippen molar-refractivity contribution in [3.8, 4) is 0 Å². The zero-order valence-corrected chi connectivity index (χ0v) is 11.6. The number of carbonyl (C=O) groups is 3. The molecule has 0 unspecified atom stereocenters. The average molecular weight is 321 g/mol. The smallest absolute Gasteiger partial charge is 0.342 e. The molecule has 2 rings (SSSR count). The van der Waals surface area contributed by atoms with Crippen molar-refractivity contribution >= 4 is 29.2 Å².